The molecular weight excluding hydrogens is 444 g/mol. The SMILES string of the molecule is CC(CCNC(=O)OCC1c2ccccc2-c2ccccc21)CC(=O)N1CCCCC1(C)C(=O)O. The summed E-state index contributed by atoms with van der Waals surface area (Å²) < 4.78 is 5.56. The maximum atomic E-state index is 12.8. The highest BCUT2D eigenvalue weighted by atomic mass is 16.5. The summed E-state index contributed by atoms with van der Waals surface area (Å²) in [5.41, 5.74) is 3.57. The molecule has 1 aliphatic carbocycles. The normalized spacial score (nSPS) is 20.0. The molecule has 0 radical (unpaired) electrons. The number of alkyl carbamates (subject to hydrolysis) is 1. The minimum atomic E-state index is -1.13. The second-order valence-electron chi connectivity index (χ2n) is 9.93. The van der Waals surface area contributed by atoms with E-state index in [-0.39, 0.29) is 30.8 Å². The Labute approximate surface area is 206 Å². The number of ether oxygens (including phenoxy) is 1. The van der Waals surface area contributed by atoms with E-state index in [1.807, 2.05) is 31.2 Å². The summed E-state index contributed by atoms with van der Waals surface area (Å²) in [4.78, 5) is 38.5. The Hall–Kier alpha value is -3.35. The zero-order valence-electron chi connectivity index (χ0n) is 20.5. The first-order valence-electron chi connectivity index (χ1n) is 12.4. The predicted octanol–water partition coefficient (Wildman–Crippen LogP) is 4.80. The monoisotopic (exact) mass is 478 g/mol. The van der Waals surface area contributed by atoms with Gasteiger partial charge in [0.05, 0.1) is 0 Å². The third-order valence-corrected chi connectivity index (χ3v) is 7.43. The molecule has 186 valence electrons. The number of hydrogen-bond donors (Lipinski definition) is 2. The maximum absolute atomic E-state index is 12.8. The number of carboxylic acid groups (broad SMARTS) is 1. The van der Waals surface area contributed by atoms with Gasteiger partial charge in [0, 0.05) is 25.4 Å². The average Bonchev–Trinajstić information content (AvgIpc) is 3.16. The van der Waals surface area contributed by atoms with Crippen LogP contribution in [0.5, 0.6) is 0 Å². The van der Waals surface area contributed by atoms with Crippen molar-refractivity contribution in [1.29, 1.82) is 0 Å². The van der Waals surface area contributed by atoms with Crippen molar-refractivity contribution in [2.24, 2.45) is 5.92 Å². The van der Waals surface area contributed by atoms with Crippen LogP contribution in [0.4, 0.5) is 4.79 Å². The molecule has 1 fully saturated rings. The Kier molecular flexibility index (Phi) is 7.43. The molecule has 2 unspecified atom stereocenters. The molecule has 2 atom stereocenters. The van der Waals surface area contributed by atoms with Gasteiger partial charge in [-0.05, 0) is 60.8 Å². The van der Waals surface area contributed by atoms with E-state index in [9.17, 15) is 19.5 Å². The lowest BCUT2D eigenvalue weighted by atomic mass is 9.87. The first-order chi connectivity index (χ1) is 16.8. The fourth-order valence-corrected chi connectivity index (χ4v) is 5.32. The largest absolute Gasteiger partial charge is 0.480 e. The Balaban J connectivity index is 1.23. The van der Waals surface area contributed by atoms with Crippen LogP contribution in [-0.2, 0) is 14.3 Å². The van der Waals surface area contributed by atoms with Gasteiger partial charge in [0.1, 0.15) is 12.1 Å². The first kappa shape index (κ1) is 24.8. The summed E-state index contributed by atoms with van der Waals surface area (Å²) in [5, 5.41) is 12.4. The number of hydrogen-bond acceptors (Lipinski definition) is 4. The summed E-state index contributed by atoms with van der Waals surface area (Å²) in [6.45, 7) is 4.71. The Bertz CT molecular complexity index is 1050. The number of benzene rings is 2. The van der Waals surface area contributed by atoms with Gasteiger partial charge >= 0.3 is 12.1 Å². The number of carboxylic acids is 1. The molecule has 2 N–H and O–H groups in total. The minimum Gasteiger partial charge on any atom is -0.480 e. The molecule has 35 heavy (non-hydrogen) atoms. The van der Waals surface area contributed by atoms with E-state index in [1.165, 1.54) is 27.2 Å². The van der Waals surface area contributed by atoms with Gasteiger partial charge in [0.15, 0.2) is 0 Å². The number of likely N-dealkylation sites (tertiary alicyclic amines) is 1. The molecule has 2 aromatic carbocycles. The Morgan fingerprint density at radius 3 is 2.34 bits per heavy atom. The number of aliphatic carboxylic acids is 1. The predicted molar refractivity (Wildman–Crippen MR) is 133 cm³/mol. The van der Waals surface area contributed by atoms with Crippen molar-refractivity contribution in [3.05, 3.63) is 59.7 Å². The summed E-state index contributed by atoms with van der Waals surface area (Å²) in [5.74, 6) is -1.06. The third kappa shape index (κ3) is 5.19. The van der Waals surface area contributed by atoms with Crippen LogP contribution in [0.3, 0.4) is 0 Å². The number of carbonyl (C=O) groups is 3. The number of nitrogens with zero attached hydrogens (tertiary/aromatic N) is 1. The van der Waals surface area contributed by atoms with E-state index in [1.54, 1.807) is 6.92 Å². The molecule has 7 nitrogen and oxygen atoms in total. The lowest BCUT2D eigenvalue weighted by molar-refractivity contribution is -0.161. The first-order valence-corrected chi connectivity index (χ1v) is 12.4. The molecule has 2 aromatic rings. The van der Waals surface area contributed by atoms with E-state index in [2.05, 4.69) is 29.6 Å². The van der Waals surface area contributed by atoms with Crippen LogP contribution < -0.4 is 5.32 Å². The second-order valence-corrected chi connectivity index (χ2v) is 9.93. The third-order valence-electron chi connectivity index (χ3n) is 7.43. The van der Waals surface area contributed by atoms with Gasteiger partial charge in [-0.25, -0.2) is 9.59 Å². The molecule has 0 spiro atoms. The van der Waals surface area contributed by atoms with Crippen LogP contribution in [-0.4, -0.2) is 53.2 Å². The van der Waals surface area contributed by atoms with Crippen LogP contribution in [0.15, 0.2) is 48.5 Å². The molecule has 1 saturated heterocycles. The lowest BCUT2D eigenvalue weighted by Gasteiger charge is -2.42. The van der Waals surface area contributed by atoms with Gasteiger partial charge in [0.2, 0.25) is 5.91 Å². The van der Waals surface area contributed by atoms with Gasteiger partial charge in [-0.2, -0.15) is 0 Å². The molecule has 1 aliphatic heterocycles. The number of carbonyl (C=O) groups excluding carboxylic acids is 2. The quantitative estimate of drug-likeness (QED) is 0.568. The van der Waals surface area contributed by atoms with Crippen molar-refractivity contribution >= 4 is 18.0 Å². The summed E-state index contributed by atoms with van der Waals surface area (Å²) in [6.07, 6.45) is 2.51. The number of nitrogens with one attached hydrogen (secondary N) is 1. The topological polar surface area (TPSA) is 95.9 Å². The number of fused-ring (bicyclic) bond motifs is 3. The van der Waals surface area contributed by atoms with Crippen molar-refractivity contribution in [1.82, 2.24) is 10.2 Å². The van der Waals surface area contributed by atoms with Crippen LogP contribution in [0.25, 0.3) is 11.1 Å². The van der Waals surface area contributed by atoms with E-state index in [4.69, 9.17) is 4.74 Å². The van der Waals surface area contributed by atoms with Gasteiger partial charge < -0.3 is 20.1 Å². The molecule has 0 aromatic heterocycles. The van der Waals surface area contributed by atoms with Crippen molar-refractivity contribution in [2.75, 3.05) is 19.7 Å². The van der Waals surface area contributed by atoms with Crippen LogP contribution >= 0.6 is 0 Å². The zero-order chi connectivity index (χ0) is 25.0. The van der Waals surface area contributed by atoms with Crippen LogP contribution in [0, 0.1) is 5.92 Å². The van der Waals surface area contributed by atoms with Crippen molar-refractivity contribution < 1.29 is 24.2 Å². The lowest BCUT2D eigenvalue weighted by Crippen LogP contribution is -2.57. The van der Waals surface area contributed by atoms with Gasteiger partial charge in [0.25, 0.3) is 0 Å². The molecule has 0 saturated carbocycles. The van der Waals surface area contributed by atoms with Crippen molar-refractivity contribution in [2.45, 2.75) is 57.4 Å². The molecule has 7 heteroatoms. The summed E-state index contributed by atoms with van der Waals surface area (Å²) in [6, 6.07) is 16.4. The molecule has 2 amide bonds. The van der Waals surface area contributed by atoms with E-state index < -0.39 is 17.6 Å². The zero-order valence-corrected chi connectivity index (χ0v) is 20.5. The van der Waals surface area contributed by atoms with E-state index in [0.717, 1.165) is 12.8 Å². The Morgan fingerprint density at radius 1 is 1.09 bits per heavy atom. The Morgan fingerprint density at radius 2 is 1.71 bits per heavy atom. The van der Waals surface area contributed by atoms with E-state index >= 15 is 0 Å². The molecular formula is C28H34N2O5. The van der Waals surface area contributed by atoms with E-state index in [0.29, 0.717) is 25.9 Å². The number of piperidine rings is 1. The molecule has 4 rings (SSSR count). The van der Waals surface area contributed by atoms with Crippen molar-refractivity contribution in [3.63, 3.8) is 0 Å². The second kappa shape index (κ2) is 10.5. The fourth-order valence-electron chi connectivity index (χ4n) is 5.32. The number of rotatable bonds is 8. The maximum Gasteiger partial charge on any atom is 0.407 e. The molecule has 2 aliphatic rings. The van der Waals surface area contributed by atoms with Gasteiger partial charge in [-0.3, -0.25) is 4.79 Å². The highest BCUT2D eigenvalue weighted by Gasteiger charge is 2.43. The highest BCUT2D eigenvalue weighted by Crippen LogP contribution is 2.44. The van der Waals surface area contributed by atoms with Gasteiger partial charge in [-0.1, -0.05) is 55.5 Å². The fraction of sp³-hybridized carbons (Fsp3) is 0.464. The van der Waals surface area contributed by atoms with Crippen LogP contribution in [0.2, 0.25) is 0 Å². The van der Waals surface area contributed by atoms with Gasteiger partial charge in [-0.15, -0.1) is 0 Å². The molecule has 0 bridgehead atoms. The summed E-state index contributed by atoms with van der Waals surface area (Å²) >= 11 is 0. The smallest absolute Gasteiger partial charge is 0.407 e. The van der Waals surface area contributed by atoms with Crippen molar-refractivity contribution in [3.8, 4) is 11.1 Å². The number of amides is 2. The minimum absolute atomic E-state index is 0.0105. The standard InChI is InChI=1S/C28H34N2O5/c1-19(17-25(31)30-16-8-7-14-28(30,2)26(32)33)13-15-29-27(34)35-18-24-22-11-5-3-9-20(22)21-10-4-6-12-23(21)24/h3-6,9-12,19,24H,7-8,13-18H2,1-2H3,(H,29,34)(H,32,33). The molecule has 1 heterocycles. The average molecular weight is 479 g/mol. The highest BCUT2D eigenvalue weighted by molar-refractivity contribution is 5.87. The van der Waals surface area contributed by atoms with Crippen LogP contribution in [0.1, 0.15) is 63.0 Å². The summed E-state index contributed by atoms with van der Waals surface area (Å²) in [7, 11) is 0.